The number of carboxylic acids is 1. The lowest BCUT2D eigenvalue weighted by molar-refractivity contribution is -0.137. The molecule has 0 heterocycles. The molecule has 4 heteroatoms. The Morgan fingerprint density at radius 2 is 1.67 bits per heavy atom. The highest BCUT2D eigenvalue weighted by molar-refractivity contribution is 5.79. The zero-order valence-corrected chi connectivity index (χ0v) is 13.9. The molecular weight excluding hydrogens is 302 g/mol. The van der Waals surface area contributed by atoms with Crippen LogP contribution in [0.15, 0.2) is 54.6 Å². The molecule has 0 saturated heterocycles. The van der Waals surface area contributed by atoms with E-state index in [1.54, 1.807) is 0 Å². The Balaban J connectivity index is 1.96. The fourth-order valence-electron chi connectivity index (χ4n) is 2.59. The van der Waals surface area contributed by atoms with E-state index in [1.807, 2.05) is 61.5 Å². The Kier molecular flexibility index (Phi) is 6.55. The van der Waals surface area contributed by atoms with E-state index in [9.17, 15) is 9.59 Å². The van der Waals surface area contributed by atoms with Crippen LogP contribution in [-0.4, -0.2) is 23.0 Å². The molecule has 24 heavy (non-hydrogen) atoms. The summed E-state index contributed by atoms with van der Waals surface area (Å²) in [5.74, 6) is -0.925. The van der Waals surface area contributed by atoms with Gasteiger partial charge in [-0.3, -0.25) is 9.59 Å². The third-order valence-electron chi connectivity index (χ3n) is 3.88. The Hall–Kier alpha value is -2.62. The lowest BCUT2D eigenvalue weighted by atomic mass is 10.0. The number of aryl methyl sites for hydroxylation is 1. The van der Waals surface area contributed by atoms with Gasteiger partial charge in [0.15, 0.2) is 0 Å². The van der Waals surface area contributed by atoms with Crippen LogP contribution >= 0.6 is 0 Å². The number of benzene rings is 2. The van der Waals surface area contributed by atoms with Crippen molar-refractivity contribution in [2.75, 3.05) is 0 Å². The van der Waals surface area contributed by atoms with Crippen molar-refractivity contribution in [3.8, 4) is 0 Å². The molecule has 0 bridgehead atoms. The second-order valence-corrected chi connectivity index (χ2v) is 6.05. The van der Waals surface area contributed by atoms with Crippen molar-refractivity contribution in [3.05, 3.63) is 71.3 Å². The number of carbonyl (C=O) groups excluding carboxylic acids is 1. The Labute approximate surface area is 142 Å². The summed E-state index contributed by atoms with van der Waals surface area (Å²) < 4.78 is 0. The molecule has 126 valence electrons. The Bertz CT molecular complexity index is 665. The second-order valence-electron chi connectivity index (χ2n) is 6.05. The van der Waals surface area contributed by atoms with E-state index in [4.69, 9.17) is 5.11 Å². The fourth-order valence-corrected chi connectivity index (χ4v) is 2.59. The van der Waals surface area contributed by atoms with Crippen molar-refractivity contribution < 1.29 is 14.7 Å². The molecule has 0 aliphatic rings. The average Bonchev–Trinajstić information content (AvgIpc) is 2.55. The van der Waals surface area contributed by atoms with Gasteiger partial charge in [0.05, 0.1) is 6.42 Å². The molecule has 0 aliphatic heterocycles. The molecule has 1 atom stereocenters. The van der Waals surface area contributed by atoms with Crippen molar-refractivity contribution in [1.29, 1.82) is 0 Å². The zero-order valence-electron chi connectivity index (χ0n) is 13.9. The first-order chi connectivity index (χ1) is 11.5. The number of hydrogen-bond donors (Lipinski definition) is 2. The number of amides is 1. The highest BCUT2D eigenvalue weighted by Gasteiger charge is 2.15. The van der Waals surface area contributed by atoms with E-state index in [0.717, 1.165) is 16.7 Å². The van der Waals surface area contributed by atoms with Crippen molar-refractivity contribution in [2.45, 2.75) is 38.6 Å². The molecule has 0 saturated carbocycles. The van der Waals surface area contributed by atoms with Crippen LogP contribution in [0, 0.1) is 6.92 Å². The number of rotatable bonds is 8. The minimum absolute atomic E-state index is 0.0440. The van der Waals surface area contributed by atoms with Crippen LogP contribution in [0.5, 0.6) is 0 Å². The van der Waals surface area contributed by atoms with Crippen molar-refractivity contribution in [2.24, 2.45) is 0 Å². The SMILES string of the molecule is Cc1ccc(CC(=O)NC(CCC(=O)O)Cc2ccccc2)cc1. The monoisotopic (exact) mass is 325 g/mol. The van der Waals surface area contributed by atoms with E-state index in [0.29, 0.717) is 19.3 Å². The molecule has 1 amide bonds. The number of nitrogens with one attached hydrogen (secondary N) is 1. The maximum atomic E-state index is 12.3. The molecular formula is C20H23NO3. The molecule has 4 nitrogen and oxygen atoms in total. The number of carboxylic acid groups (broad SMARTS) is 1. The molecule has 2 aromatic rings. The molecule has 0 aliphatic carbocycles. The predicted molar refractivity (Wildman–Crippen MR) is 93.8 cm³/mol. The van der Waals surface area contributed by atoms with Gasteiger partial charge in [-0.05, 0) is 30.9 Å². The highest BCUT2D eigenvalue weighted by atomic mass is 16.4. The van der Waals surface area contributed by atoms with Crippen molar-refractivity contribution in [3.63, 3.8) is 0 Å². The molecule has 2 aromatic carbocycles. The summed E-state index contributed by atoms with van der Waals surface area (Å²) >= 11 is 0. The van der Waals surface area contributed by atoms with Crippen molar-refractivity contribution >= 4 is 11.9 Å². The van der Waals surface area contributed by atoms with Gasteiger partial charge in [0.25, 0.3) is 0 Å². The average molecular weight is 325 g/mol. The topological polar surface area (TPSA) is 66.4 Å². The van der Waals surface area contributed by atoms with Crippen LogP contribution in [-0.2, 0) is 22.4 Å². The van der Waals surface area contributed by atoms with E-state index < -0.39 is 5.97 Å². The largest absolute Gasteiger partial charge is 0.481 e. The Morgan fingerprint density at radius 1 is 1.00 bits per heavy atom. The van der Waals surface area contributed by atoms with Gasteiger partial charge in [0.2, 0.25) is 5.91 Å². The number of carbonyl (C=O) groups is 2. The van der Waals surface area contributed by atoms with Crippen LogP contribution in [0.3, 0.4) is 0 Å². The standard InChI is InChI=1S/C20H23NO3/c1-15-7-9-17(10-8-15)14-19(22)21-18(11-12-20(23)24)13-16-5-3-2-4-6-16/h2-10,18H,11-14H2,1H3,(H,21,22)(H,23,24). The summed E-state index contributed by atoms with van der Waals surface area (Å²) in [6, 6.07) is 17.5. The smallest absolute Gasteiger partial charge is 0.303 e. The first-order valence-electron chi connectivity index (χ1n) is 8.13. The molecule has 0 aromatic heterocycles. The summed E-state index contributed by atoms with van der Waals surface area (Å²) in [6.45, 7) is 2.01. The van der Waals surface area contributed by atoms with Crippen LogP contribution in [0.25, 0.3) is 0 Å². The van der Waals surface area contributed by atoms with E-state index in [-0.39, 0.29) is 18.4 Å². The predicted octanol–water partition coefficient (Wildman–Crippen LogP) is 3.13. The van der Waals surface area contributed by atoms with Gasteiger partial charge in [0, 0.05) is 12.5 Å². The summed E-state index contributed by atoms with van der Waals surface area (Å²) in [5, 5.41) is 11.9. The van der Waals surface area contributed by atoms with Gasteiger partial charge in [-0.25, -0.2) is 0 Å². The molecule has 2 rings (SSSR count). The molecule has 0 spiro atoms. The second kappa shape index (κ2) is 8.87. The lowest BCUT2D eigenvalue weighted by Gasteiger charge is -2.18. The minimum atomic E-state index is -0.846. The van der Waals surface area contributed by atoms with E-state index in [1.165, 1.54) is 0 Å². The van der Waals surface area contributed by atoms with Gasteiger partial charge in [-0.1, -0.05) is 60.2 Å². The van der Waals surface area contributed by atoms with Gasteiger partial charge in [-0.2, -0.15) is 0 Å². The summed E-state index contributed by atoms with van der Waals surface area (Å²) in [6.07, 6.45) is 1.40. The quantitative estimate of drug-likeness (QED) is 0.783. The summed E-state index contributed by atoms with van der Waals surface area (Å²) in [4.78, 5) is 23.1. The third-order valence-corrected chi connectivity index (χ3v) is 3.88. The fraction of sp³-hybridized carbons (Fsp3) is 0.300. The lowest BCUT2D eigenvalue weighted by Crippen LogP contribution is -2.37. The molecule has 0 radical (unpaired) electrons. The molecule has 2 N–H and O–H groups in total. The summed E-state index contributed by atoms with van der Waals surface area (Å²) in [7, 11) is 0. The van der Waals surface area contributed by atoms with Crippen LogP contribution in [0.1, 0.15) is 29.5 Å². The maximum absolute atomic E-state index is 12.3. The van der Waals surface area contributed by atoms with Crippen LogP contribution in [0.2, 0.25) is 0 Å². The first-order valence-corrected chi connectivity index (χ1v) is 8.13. The van der Waals surface area contributed by atoms with Gasteiger partial charge in [-0.15, -0.1) is 0 Å². The van der Waals surface area contributed by atoms with Gasteiger partial charge < -0.3 is 10.4 Å². The number of hydrogen-bond acceptors (Lipinski definition) is 2. The highest BCUT2D eigenvalue weighted by Crippen LogP contribution is 2.09. The van der Waals surface area contributed by atoms with Crippen LogP contribution < -0.4 is 5.32 Å². The zero-order chi connectivity index (χ0) is 17.4. The molecule has 0 fully saturated rings. The first kappa shape index (κ1) is 17.7. The van der Waals surface area contributed by atoms with E-state index in [2.05, 4.69) is 5.32 Å². The van der Waals surface area contributed by atoms with Crippen molar-refractivity contribution in [1.82, 2.24) is 5.32 Å². The Morgan fingerprint density at radius 3 is 2.29 bits per heavy atom. The van der Waals surface area contributed by atoms with E-state index >= 15 is 0 Å². The van der Waals surface area contributed by atoms with Gasteiger partial charge in [0.1, 0.15) is 0 Å². The van der Waals surface area contributed by atoms with Crippen LogP contribution in [0.4, 0.5) is 0 Å². The van der Waals surface area contributed by atoms with Gasteiger partial charge >= 0.3 is 5.97 Å². The normalized spacial score (nSPS) is 11.7. The maximum Gasteiger partial charge on any atom is 0.303 e. The third kappa shape index (κ3) is 6.24. The summed E-state index contributed by atoms with van der Waals surface area (Å²) in [5.41, 5.74) is 3.20. The molecule has 1 unspecified atom stereocenters. The minimum Gasteiger partial charge on any atom is -0.481 e. The number of aliphatic carboxylic acids is 1.